The Balaban J connectivity index is 1.93. The first-order chi connectivity index (χ1) is 25.5. The molecular formula is C40H54O15. The third-order valence-corrected chi connectivity index (χ3v) is 13.7. The van der Waals surface area contributed by atoms with Crippen molar-refractivity contribution in [1.29, 1.82) is 0 Å². The van der Waals surface area contributed by atoms with Gasteiger partial charge in [-0.25, -0.2) is 9.59 Å². The SMILES string of the molecule is COC(=O)C1=C[C@@H](C)C[C@@]2(O)[C@@H]3CC[C@@]4(C)[C@@H]5C=CC(=O)OC[C@]5(C(C)OC(C)=O)[C@@H](OC(C)=O)[C@@H](OC(C)=O)[C@@H]4[C@@]3(C)[C@H](OC(C)=O)[C@H](OC(C)=O)[C@@]12C. The topological polar surface area (TPSA) is 204 Å². The minimum absolute atomic E-state index is 0.0459. The number of cyclic esters (lactones) is 1. The third-order valence-electron chi connectivity index (χ3n) is 13.7. The molecule has 0 spiro atoms. The molecule has 304 valence electrons. The van der Waals surface area contributed by atoms with Crippen LogP contribution in [0.4, 0.5) is 0 Å². The number of aliphatic hydroxyl groups is 1. The van der Waals surface area contributed by atoms with E-state index < -0.39 is 124 Å². The number of carbonyl (C=O) groups is 7. The van der Waals surface area contributed by atoms with Gasteiger partial charge in [0, 0.05) is 57.6 Å². The molecule has 15 nitrogen and oxygen atoms in total. The Labute approximate surface area is 320 Å². The molecule has 0 radical (unpaired) electrons. The molecule has 4 aliphatic carbocycles. The zero-order chi connectivity index (χ0) is 41.2. The first kappa shape index (κ1) is 41.9. The number of rotatable bonds is 7. The van der Waals surface area contributed by atoms with E-state index in [-0.39, 0.29) is 30.8 Å². The molecule has 1 unspecified atom stereocenters. The summed E-state index contributed by atoms with van der Waals surface area (Å²) in [4.78, 5) is 92.2. The summed E-state index contributed by atoms with van der Waals surface area (Å²) in [5.74, 6) is -8.32. The van der Waals surface area contributed by atoms with Crippen LogP contribution in [0.3, 0.4) is 0 Å². The number of allylic oxidation sites excluding steroid dienone is 2. The lowest BCUT2D eigenvalue weighted by atomic mass is 9.32. The average Bonchev–Trinajstić information content (AvgIpc) is 3.24. The van der Waals surface area contributed by atoms with Crippen molar-refractivity contribution < 1.29 is 71.8 Å². The van der Waals surface area contributed by atoms with Crippen LogP contribution in [0.25, 0.3) is 0 Å². The summed E-state index contributed by atoms with van der Waals surface area (Å²) in [7, 11) is 1.20. The molecule has 0 saturated heterocycles. The Morgan fingerprint density at radius 2 is 1.42 bits per heavy atom. The first-order valence-electron chi connectivity index (χ1n) is 18.7. The van der Waals surface area contributed by atoms with E-state index >= 15 is 0 Å². The van der Waals surface area contributed by atoms with Gasteiger partial charge >= 0.3 is 41.8 Å². The number of esters is 7. The molecule has 0 bridgehead atoms. The van der Waals surface area contributed by atoms with E-state index in [1.165, 1.54) is 40.9 Å². The summed E-state index contributed by atoms with van der Waals surface area (Å²) in [6.45, 7) is 14.2. The number of hydrogen-bond donors (Lipinski definition) is 1. The van der Waals surface area contributed by atoms with E-state index in [4.69, 9.17) is 33.2 Å². The van der Waals surface area contributed by atoms with Gasteiger partial charge in [-0.3, -0.25) is 24.0 Å². The Bertz CT molecular complexity index is 1720. The number of methoxy groups -OCH3 is 1. The first-order valence-corrected chi connectivity index (χ1v) is 18.7. The molecular weight excluding hydrogens is 720 g/mol. The molecule has 0 aromatic heterocycles. The van der Waals surface area contributed by atoms with Gasteiger partial charge in [0.15, 0.2) is 12.2 Å². The van der Waals surface area contributed by atoms with Gasteiger partial charge in [-0.15, -0.1) is 0 Å². The second-order valence-electron chi connectivity index (χ2n) is 16.8. The highest BCUT2D eigenvalue weighted by molar-refractivity contribution is 5.91. The fourth-order valence-corrected chi connectivity index (χ4v) is 12.1. The molecule has 0 aromatic rings. The zero-order valence-electron chi connectivity index (χ0n) is 33.4. The van der Waals surface area contributed by atoms with Crippen LogP contribution in [-0.4, -0.2) is 96.7 Å². The van der Waals surface area contributed by atoms with E-state index in [0.29, 0.717) is 0 Å². The Morgan fingerprint density at radius 3 is 1.96 bits per heavy atom. The molecule has 1 heterocycles. The molecule has 3 fully saturated rings. The maximum Gasteiger partial charge on any atom is 0.334 e. The van der Waals surface area contributed by atoms with Gasteiger partial charge in [0.2, 0.25) is 0 Å². The Morgan fingerprint density at radius 1 is 0.855 bits per heavy atom. The van der Waals surface area contributed by atoms with Crippen LogP contribution in [0, 0.1) is 45.3 Å². The monoisotopic (exact) mass is 774 g/mol. The van der Waals surface area contributed by atoms with Crippen LogP contribution >= 0.6 is 0 Å². The fourth-order valence-electron chi connectivity index (χ4n) is 12.1. The largest absolute Gasteiger partial charge is 0.466 e. The van der Waals surface area contributed by atoms with Crippen LogP contribution in [-0.2, 0) is 66.7 Å². The minimum atomic E-state index is -1.85. The van der Waals surface area contributed by atoms with Gasteiger partial charge in [-0.1, -0.05) is 32.9 Å². The normalized spacial score (nSPS) is 42.1. The highest BCUT2D eigenvalue weighted by atomic mass is 16.6. The number of fused-ring (bicyclic) bond motifs is 7. The summed E-state index contributed by atoms with van der Waals surface area (Å²) in [5.41, 5.74) is -7.66. The number of ether oxygens (including phenoxy) is 7. The highest BCUT2D eigenvalue weighted by Gasteiger charge is 2.82. The third kappa shape index (κ3) is 6.24. The molecule has 14 atom stereocenters. The van der Waals surface area contributed by atoms with Gasteiger partial charge < -0.3 is 38.3 Å². The highest BCUT2D eigenvalue weighted by Crippen LogP contribution is 2.75. The van der Waals surface area contributed by atoms with Gasteiger partial charge in [0.05, 0.1) is 23.5 Å². The smallest absolute Gasteiger partial charge is 0.334 e. The lowest BCUT2D eigenvalue weighted by Gasteiger charge is -2.74. The predicted octanol–water partition coefficient (Wildman–Crippen LogP) is 3.32. The maximum absolute atomic E-state index is 13.7. The summed E-state index contributed by atoms with van der Waals surface area (Å²) < 4.78 is 41.6. The molecule has 5 aliphatic rings. The van der Waals surface area contributed by atoms with Crippen molar-refractivity contribution in [2.24, 2.45) is 45.3 Å². The summed E-state index contributed by atoms with van der Waals surface area (Å²) in [6, 6.07) is 0. The van der Waals surface area contributed by atoms with Crippen LogP contribution in [0.15, 0.2) is 23.8 Å². The summed E-state index contributed by atoms with van der Waals surface area (Å²) >= 11 is 0. The van der Waals surface area contributed by atoms with Crippen molar-refractivity contribution >= 4 is 41.8 Å². The van der Waals surface area contributed by atoms with Crippen molar-refractivity contribution in [2.75, 3.05) is 13.7 Å². The van der Waals surface area contributed by atoms with Crippen molar-refractivity contribution in [3.63, 3.8) is 0 Å². The van der Waals surface area contributed by atoms with Crippen LogP contribution in [0.1, 0.15) is 88.5 Å². The molecule has 0 aromatic carbocycles. The lowest BCUT2D eigenvalue weighted by Crippen LogP contribution is -2.82. The minimum Gasteiger partial charge on any atom is -0.466 e. The average molecular weight is 775 g/mol. The van der Waals surface area contributed by atoms with Gasteiger partial charge in [0.1, 0.15) is 24.9 Å². The fraction of sp³-hybridized carbons (Fsp3) is 0.725. The molecule has 1 N–H and O–H groups in total. The van der Waals surface area contributed by atoms with Crippen molar-refractivity contribution in [3.8, 4) is 0 Å². The number of hydrogen-bond acceptors (Lipinski definition) is 15. The van der Waals surface area contributed by atoms with E-state index in [9.17, 15) is 38.7 Å². The maximum atomic E-state index is 13.7. The number of carbonyl (C=O) groups excluding carboxylic acids is 7. The van der Waals surface area contributed by atoms with Crippen molar-refractivity contribution in [2.45, 2.75) is 125 Å². The van der Waals surface area contributed by atoms with Crippen LogP contribution < -0.4 is 0 Å². The quantitative estimate of drug-likeness (QED) is 0.291. The second-order valence-corrected chi connectivity index (χ2v) is 16.8. The molecule has 0 amide bonds. The molecule has 5 rings (SSSR count). The van der Waals surface area contributed by atoms with E-state index in [1.807, 2.05) is 13.8 Å². The second kappa shape index (κ2) is 14.3. The lowest BCUT2D eigenvalue weighted by molar-refractivity contribution is -0.347. The van der Waals surface area contributed by atoms with Gasteiger partial charge in [-0.05, 0) is 56.3 Å². The van der Waals surface area contributed by atoms with Gasteiger partial charge in [0.25, 0.3) is 0 Å². The van der Waals surface area contributed by atoms with E-state index in [1.54, 1.807) is 32.9 Å². The van der Waals surface area contributed by atoms with Crippen molar-refractivity contribution in [1.82, 2.24) is 0 Å². The predicted molar refractivity (Wildman–Crippen MR) is 189 cm³/mol. The Kier molecular flexibility index (Phi) is 10.9. The summed E-state index contributed by atoms with van der Waals surface area (Å²) in [6.07, 6.45) is -1.74. The Hall–Kier alpha value is -4.27. The van der Waals surface area contributed by atoms with E-state index in [2.05, 4.69) is 0 Å². The molecule has 55 heavy (non-hydrogen) atoms. The molecule has 3 saturated carbocycles. The van der Waals surface area contributed by atoms with E-state index in [0.717, 1.165) is 6.92 Å². The van der Waals surface area contributed by atoms with Crippen LogP contribution in [0.5, 0.6) is 0 Å². The zero-order valence-corrected chi connectivity index (χ0v) is 33.4. The molecule has 1 aliphatic heterocycles. The standard InChI is InChI=1S/C40H54O15/c1-19-16-26(35(47)49-11)38(10)34(55-25(7)45)33(54-24(6)44)37(9)28(40(38,48)17-19)14-15-36(8)27-12-13-29(46)50-18-39(27,20(2)51-21(3)41)32(53-23(5)43)30(31(36)37)52-22(4)42/h12-13,16,19-20,27-28,30-34,48H,14-15,17-18H2,1-11H3/t19-,20?,27+,28-,30+,31+,32+,33-,34+,36+,37+,38-,39-,40-/m1/s1. The van der Waals surface area contributed by atoms with Crippen molar-refractivity contribution in [3.05, 3.63) is 23.8 Å². The van der Waals surface area contributed by atoms with Crippen LogP contribution in [0.2, 0.25) is 0 Å². The molecule has 15 heteroatoms. The van der Waals surface area contributed by atoms with Gasteiger partial charge in [-0.2, -0.15) is 0 Å². The summed E-state index contributed by atoms with van der Waals surface area (Å²) in [5, 5.41) is 13.5.